The lowest BCUT2D eigenvalue weighted by Crippen LogP contribution is -2.34. The number of amides is 1. The summed E-state index contributed by atoms with van der Waals surface area (Å²) in [4.78, 5) is 10.4. The van der Waals surface area contributed by atoms with Crippen molar-refractivity contribution in [3.63, 3.8) is 0 Å². The van der Waals surface area contributed by atoms with Crippen molar-refractivity contribution < 1.29 is 4.79 Å². The van der Waals surface area contributed by atoms with Crippen LogP contribution in [0.3, 0.4) is 0 Å². The molecule has 1 rings (SSSR count). The normalized spacial score (nSPS) is 24.6. The highest BCUT2D eigenvalue weighted by Gasteiger charge is 2.08. The Hall–Kier alpha value is -0.830. The van der Waals surface area contributed by atoms with Crippen molar-refractivity contribution in [2.45, 2.75) is 18.9 Å². The van der Waals surface area contributed by atoms with Crippen LogP contribution >= 0.6 is 0 Å². The average molecular weight is 140 g/mol. The van der Waals surface area contributed by atoms with Crippen molar-refractivity contribution in [1.29, 1.82) is 0 Å². The van der Waals surface area contributed by atoms with Crippen LogP contribution in [0.25, 0.3) is 0 Å². The molecule has 1 aliphatic rings. The first-order chi connectivity index (χ1) is 4.79. The minimum absolute atomic E-state index is 0.172. The smallest absolute Gasteiger partial charge is 0.219 e. The number of nitrogens with one attached hydrogen (secondary N) is 1. The average Bonchev–Trinajstić information content (AvgIpc) is 1.88. The van der Waals surface area contributed by atoms with Gasteiger partial charge in [0.2, 0.25) is 5.91 Å². The van der Waals surface area contributed by atoms with Crippen LogP contribution in [-0.2, 0) is 4.79 Å². The van der Waals surface area contributed by atoms with Gasteiger partial charge in [-0.25, -0.2) is 0 Å². The molecule has 10 heavy (non-hydrogen) atoms. The lowest BCUT2D eigenvalue weighted by Gasteiger charge is -2.15. The second-order valence-electron chi connectivity index (χ2n) is 2.45. The van der Waals surface area contributed by atoms with Gasteiger partial charge in [0.15, 0.2) is 0 Å². The molecule has 3 N–H and O–H groups in total. The van der Waals surface area contributed by atoms with E-state index < -0.39 is 0 Å². The molecule has 0 saturated heterocycles. The van der Waals surface area contributed by atoms with E-state index in [0.29, 0.717) is 6.42 Å². The Labute approximate surface area is 60.3 Å². The molecule has 0 fully saturated rings. The van der Waals surface area contributed by atoms with Gasteiger partial charge in [-0.05, 0) is 13.0 Å². The number of hydrogen-bond acceptors (Lipinski definition) is 2. The summed E-state index contributed by atoms with van der Waals surface area (Å²) >= 11 is 0. The highest BCUT2D eigenvalue weighted by Crippen LogP contribution is 1.99. The van der Waals surface area contributed by atoms with Gasteiger partial charge < -0.3 is 11.1 Å². The van der Waals surface area contributed by atoms with Crippen LogP contribution in [-0.4, -0.2) is 18.5 Å². The summed E-state index contributed by atoms with van der Waals surface area (Å²) in [7, 11) is 0. The molecule has 0 aromatic heterocycles. The van der Waals surface area contributed by atoms with Gasteiger partial charge in [-0.2, -0.15) is 0 Å². The van der Waals surface area contributed by atoms with Gasteiger partial charge in [-0.1, -0.05) is 12.2 Å². The molecule has 1 aliphatic heterocycles. The summed E-state index contributed by atoms with van der Waals surface area (Å²) < 4.78 is 0. The van der Waals surface area contributed by atoms with Gasteiger partial charge in [0.1, 0.15) is 0 Å². The fourth-order valence-electron chi connectivity index (χ4n) is 1.04. The Bertz CT molecular complexity index is 154. The van der Waals surface area contributed by atoms with E-state index >= 15 is 0 Å². The van der Waals surface area contributed by atoms with Gasteiger partial charge in [-0.3, -0.25) is 4.79 Å². The standard InChI is InChI=1S/C7H12N2O/c8-7(10)5-6-3-1-2-4-9-6/h1,3,6,9H,2,4-5H2,(H2,8,10). The van der Waals surface area contributed by atoms with Crippen LogP contribution in [0, 0.1) is 0 Å². The third-order valence-electron chi connectivity index (χ3n) is 1.51. The molecule has 1 amide bonds. The molecule has 1 unspecified atom stereocenters. The zero-order chi connectivity index (χ0) is 7.40. The minimum Gasteiger partial charge on any atom is -0.370 e. The third kappa shape index (κ3) is 2.19. The second kappa shape index (κ2) is 3.37. The van der Waals surface area contributed by atoms with Gasteiger partial charge >= 0.3 is 0 Å². The van der Waals surface area contributed by atoms with E-state index in [-0.39, 0.29) is 11.9 Å². The van der Waals surface area contributed by atoms with E-state index in [4.69, 9.17) is 5.73 Å². The molecule has 0 bridgehead atoms. The summed E-state index contributed by atoms with van der Waals surface area (Å²) in [5, 5.41) is 3.16. The number of carbonyl (C=O) groups excluding carboxylic acids is 1. The van der Waals surface area contributed by atoms with Crippen LogP contribution in [0.15, 0.2) is 12.2 Å². The first-order valence-corrected chi connectivity index (χ1v) is 3.47. The molecule has 0 saturated carbocycles. The molecule has 0 spiro atoms. The Balaban J connectivity index is 2.33. The zero-order valence-corrected chi connectivity index (χ0v) is 5.84. The van der Waals surface area contributed by atoms with Crippen LogP contribution in [0.4, 0.5) is 0 Å². The molecule has 0 aromatic carbocycles. The molecule has 56 valence electrons. The fourth-order valence-corrected chi connectivity index (χ4v) is 1.04. The van der Waals surface area contributed by atoms with Gasteiger partial charge in [0.25, 0.3) is 0 Å². The van der Waals surface area contributed by atoms with E-state index in [0.717, 1.165) is 13.0 Å². The number of rotatable bonds is 2. The Morgan fingerprint density at radius 3 is 3.10 bits per heavy atom. The molecular weight excluding hydrogens is 128 g/mol. The number of hydrogen-bond donors (Lipinski definition) is 2. The SMILES string of the molecule is NC(=O)CC1C=CCCN1. The lowest BCUT2D eigenvalue weighted by molar-refractivity contribution is -0.118. The largest absolute Gasteiger partial charge is 0.370 e. The third-order valence-corrected chi connectivity index (χ3v) is 1.51. The molecular formula is C7H12N2O. The summed E-state index contributed by atoms with van der Waals surface area (Å²) in [6, 6.07) is 0.172. The Morgan fingerprint density at radius 2 is 2.60 bits per heavy atom. The van der Waals surface area contributed by atoms with Crippen LogP contribution in [0.5, 0.6) is 0 Å². The lowest BCUT2D eigenvalue weighted by atomic mass is 10.1. The van der Waals surface area contributed by atoms with E-state index in [9.17, 15) is 4.79 Å². The zero-order valence-electron chi connectivity index (χ0n) is 5.84. The highest BCUT2D eigenvalue weighted by molar-refractivity contribution is 5.74. The summed E-state index contributed by atoms with van der Waals surface area (Å²) in [5.41, 5.74) is 5.01. The van der Waals surface area contributed by atoms with E-state index in [1.807, 2.05) is 6.08 Å². The highest BCUT2D eigenvalue weighted by atomic mass is 16.1. The maximum Gasteiger partial charge on any atom is 0.219 e. The number of primary amides is 1. The van der Waals surface area contributed by atoms with E-state index in [2.05, 4.69) is 11.4 Å². The van der Waals surface area contributed by atoms with Crippen molar-refractivity contribution in [1.82, 2.24) is 5.32 Å². The van der Waals surface area contributed by atoms with E-state index in [1.165, 1.54) is 0 Å². The van der Waals surface area contributed by atoms with Crippen molar-refractivity contribution in [3.8, 4) is 0 Å². The van der Waals surface area contributed by atoms with Crippen LogP contribution < -0.4 is 11.1 Å². The van der Waals surface area contributed by atoms with Crippen molar-refractivity contribution >= 4 is 5.91 Å². The molecule has 3 nitrogen and oxygen atoms in total. The molecule has 1 heterocycles. The van der Waals surface area contributed by atoms with Crippen molar-refractivity contribution in [2.24, 2.45) is 5.73 Å². The molecule has 0 aromatic rings. The first-order valence-electron chi connectivity index (χ1n) is 3.47. The molecule has 3 heteroatoms. The predicted octanol–water partition coefficient (Wildman–Crippen LogP) is -0.220. The van der Waals surface area contributed by atoms with Gasteiger partial charge in [-0.15, -0.1) is 0 Å². The van der Waals surface area contributed by atoms with Crippen molar-refractivity contribution in [2.75, 3.05) is 6.54 Å². The second-order valence-corrected chi connectivity index (χ2v) is 2.45. The first kappa shape index (κ1) is 7.28. The molecule has 0 aliphatic carbocycles. The van der Waals surface area contributed by atoms with Gasteiger partial charge in [0.05, 0.1) is 0 Å². The summed E-state index contributed by atoms with van der Waals surface area (Å²) in [6.45, 7) is 0.953. The molecule has 1 atom stereocenters. The number of carbonyl (C=O) groups is 1. The Morgan fingerprint density at radius 1 is 1.80 bits per heavy atom. The summed E-state index contributed by atoms with van der Waals surface area (Å²) in [6.07, 6.45) is 5.53. The monoisotopic (exact) mass is 140 g/mol. The maximum absolute atomic E-state index is 10.4. The quantitative estimate of drug-likeness (QED) is 0.521. The van der Waals surface area contributed by atoms with Crippen molar-refractivity contribution in [3.05, 3.63) is 12.2 Å². The number of nitrogens with two attached hydrogens (primary N) is 1. The minimum atomic E-state index is -0.246. The summed E-state index contributed by atoms with van der Waals surface area (Å²) in [5.74, 6) is -0.246. The predicted molar refractivity (Wildman–Crippen MR) is 39.4 cm³/mol. The van der Waals surface area contributed by atoms with Crippen LogP contribution in [0.1, 0.15) is 12.8 Å². The fraction of sp³-hybridized carbons (Fsp3) is 0.571. The molecule has 0 radical (unpaired) electrons. The maximum atomic E-state index is 10.4. The topological polar surface area (TPSA) is 55.1 Å². The van der Waals surface area contributed by atoms with Crippen LogP contribution in [0.2, 0.25) is 0 Å². The van der Waals surface area contributed by atoms with E-state index in [1.54, 1.807) is 0 Å². The van der Waals surface area contributed by atoms with Gasteiger partial charge in [0, 0.05) is 12.5 Å². The Kier molecular flexibility index (Phi) is 2.45.